The third kappa shape index (κ3) is 5.42. The van der Waals surface area contributed by atoms with Crippen molar-refractivity contribution in [1.29, 1.82) is 0 Å². The Morgan fingerprint density at radius 2 is 2.38 bits per heavy atom. The maximum Gasteiger partial charge on any atom is 0.312 e. The van der Waals surface area contributed by atoms with Crippen LogP contribution in [0.2, 0.25) is 0 Å². The quantitative estimate of drug-likeness (QED) is 0.483. The fourth-order valence-corrected chi connectivity index (χ4v) is 1.02. The van der Waals surface area contributed by atoms with Crippen molar-refractivity contribution in [2.75, 3.05) is 13.2 Å². The van der Waals surface area contributed by atoms with Gasteiger partial charge in [0.2, 0.25) is 0 Å². The van der Waals surface area contributed by atoms with E-state index in [0.717, 1.165) is 19.3 Å². The van der Waals surface area contributed by atoms with E-state index in [1.807, 2.05) is 0 Å². The molecule has 0 aliphatic heterocycles. The number of rotatable bonds is 7. The molecule has 0 saturated carbocycles. The molecule has 0 heterocycles. The molecule has 76 valence electrons. The molecule has 0 spiro atoms. The molecule has 0 aromatic heterocycles. The van der Waals surface area contributed by atoms with E-state index in [1.54, 1.807) is 6.08 Å². The zero-order valence-corrected chi connectivity index (χ0v) is 8.29. The lowest BCUT2D eigenvalue weighted by Gasteiger charge is -2.10. The first kappa shape index (κ1) is 12.2. The highest BCUT2D eigenvalue weighted by Crippen LogP contribution is 2.11. The highest BCUT2D eigenvalue weighted by atomic mass is 16.5. The molecule has 0 aromatic carbocycles. The fraction of sp³-hybridized carbons (Fsp3) is 0.700. The number of unbranched alkanes of at least 4 members (excludes halogenated alkanes) is 1. The third-order valence-electron chi connectivity index (χ3n) is 1.82. The molecule has 0 radical (unpaired) electrons. The summed E-state index contributed by atoms with van der Waals surface area (Å²) >= 11 is 0. The first-order valence-corrected chi connectivity index (χ1v) is 4.75. The summed E-state index contributed by atoms with van der Waals surface area (Å²) in [6, 6.07) is 0. The lowest BCUT2D eigenvalue weighted by Crippen LogP contribution is -2.19. The molecule has 1 unspecified atom stereocenters. The lowest BCUT2D eigenvalue weighted by atomic mass is 10.0. The molecule has 0 aromatic rings. The van der Waals surface area contributed by atoms with Crippen LogP contribution in [0.3, 0.4) is 0 Å². The van der Waals surface area contributed by atoms with Gasteiger partial charge in [-0.3, -0.25) is 4.79 Å². The molecule has 0 bridgehead atoms. The molecule has 2 N–H and O–H groups in total. The van der Waals surface area contributed by atoms with E-state index in [0.29, 0.717) is 13.2 Å². The second-order valence-corrected chi connectivity index (χ2v) is 2.94. The van der Waals surface area contributed by atoms with Gasteiger partial charge in [0.1, 0.15) is 6.61 Å². The molecule has 0 aliphatic rings. The van der Waals surface area contributed by atoms with E-state index in [9.17, 15) is 4.79 Å². The summed E-state index contributed by atoms with van der Waals surface area (Å²) in [6.07, 6.45) is 4.57. The van der Waals surface area contributed by atoms with E-state index in [1.165, 1.54) is 0 Å². The fourth-order valence-electron chi connectivity index (χ4n) is 1.02. The minimum atomic E-state index is -0.200. The van der Waals surface area contributed by atoms with Crippen molar-refractivity contribution in [3.63, 3.8) is 0 Å². The number of nitrogens with two attached hydrogens (primary N) is 1. The monoisotopic (exact) mass is 185 g/mol. The summed E-state index contributed by atoms with van der Waals surface area (Å²) in [5.41, 5.74) is 5.22. The van der Waals surface area contributed by atoms with Crippen LogP contribution < -0.4 is 5.73 Å². The average molecular weight is 185 g/mol. The standard InChI is InChI=1S/C10H19NO2/c1-3-5-6-9(4-2)10(12)13-8-7-11/h4,9H,2-3,5-8,11H2,1H3. The summed E-state index contributed by atoms with van der Waals surface area (Å²) in [5, 5.41) is 0. The highest BCUT2D eigenvalue weighted by Gasteiger charge is 2.14. The van der Waals surface area contributed by atoms with Gasteiger partial charge in [-0.05, 0) is 6.42 Å². The first-order valence-electron chi connectivity index (χ1n) is 4.75. The van der Waals surface area contributed by atoms with Crippen molar-refractivity contribution in [2.24, 2.45) is 11.7 Å². The zero-order chi connectivity index (χ0) is 10.1. The van der Waals surface area contributed by atoms with E-state index in [2.05, 4.69) is 13.5 Å². The Morgan fingerprint density at radius 3 is 2.85 bits per heavy atom. The average Bonchev–Trinajstić information content (AvgIpc) is 2.16. The Hall–Kier alpha value is -0.830. The molecule has 0 aliphatic carbocycles. The molecular weight excluding hydrogens is 166 g/mol. The van der Waals surface area contributed by atoms with Gasteiger partial charge in [-0.25, -0.2) is 0 Å². The molecular formula is C10H19NO2. The van der Waals surface area contributed by atoms with Crippen LogP contribution in [0.4, 0.5) is 0 Å². The van der Waals surface area contributed by atoms with Gasteiger partial charge in [0.15, 0.2) is 0 Å². The minimum absolute atomic E-state index is 0.161. The molecule has 3 nitrogen and oxygen atoms in total. The molecule has 0 fully saturated rings. The third-order valence-corrected chi connectivity index (χ3v) is 1.82. The number of hydrogen-bond acceptors (Lipinski definition) is 3. The van der Waals surface area contributed by atoms with Crippen LogP contribution in [0, 0.1) is 5.92 Å². The Bertz CT molecular complexity index is 157. The summed E-state index contributed by atoms with van der Waals surface area (Å²) in [4.78, 5) is 11.3. The van der Waals surface area contributed by atoms with Gasteiger partial charge in [0.05, 0.1) is 5.92 Å². The molecule has 1 atom stereocenters. The summed E-state index contributed by atoms with van der Waals surface area (Å²) in [6.45, 7) is 6.38. The molecule has 3 heteroatoms. The Labute approximate surface area is 79.9 Å². The predicted molar refractivity (Wildman–Crippen MR) is 53.2 cm³/mol. The number of esters is 1. The second kappa shape index (κ2) is 7.80. The van der Waals surface area contributed by atoms with Gasteiger partial charge in [0, 0.05) is 6.54 Å². The molecule has 0 saturated heterocycles. The normalized spacial score (nSPS) is 12.2. The van der Waals surface area contributed by atoms with Crippen LogP contribution >= 0.6 is 0 Å². The van der Waals surface area contributed by atoms with E-state index in [4.69, 9.17) is 10.5 Å². The topological polar surface area (TPSA) is 52.3 Å². The van der Waals surface area contributed by atoms with Crippen molar-refractivity contribution < 1.29 is 9.53 Å². The van der Waals surface area contributed by atoms with Crippen molar-refractivity contribution in [1.82, 2.24) is 0 Å². The predicted octanol–water partition coefficient (Wildman–Crippen LogP) is 1.48. The van der Waals surface area contributed by atoms with Crippen molar-refractivity contribution >= 4 is 5.97 Å². The maximum atomic E-state index is 11.3. The van der Waals surface area contributed by atoms with E-state index in [-0.39, 0.29) is 11.9 Å². The summed E-state index contributed by atoms with van der Waals surface area (Å²) < 4.78 is 4.91. The Balaban J connectivity index is 3.77. The van der Waals surface area contributed by atoms with Crippen molar-refractivity contribution in [3.8, 4) is 0 Å². The zero-order valence-electron chi connectivity index (χ0n) is 8.29. The Morgan fingerprint density at radius 1 is 1.69 bits per heavy atom. The van der Waals surface area contributed by atoms with Gasteiger partial charge >= 0.3 is 5.97 Å². The largest absolute Gasteiger partial charge is 0.464 e. The summed E-state index contributed by atoms with van der Waals surface area (Å²) in [7, 11) is 0. The highest BCUT2D eigenvalue weighted by molar-refractivity contribution is 5.74. The minimum Gasteiger partial charge on any atom is -0.464 e. The summed E-state index contributed by atoms with van der Waals surface area (Å²) in [5.74, 6) is -0.361. The number of carbonyl (C=O) groups is 1. The molecule has 0 rings (SSSR count). The smallest absolute Gasteiger partial charge is 0.312 e. The van der Waals surface area contributed by atoms with Crippen LogP contribution in [0.1, 0.15) is 26.2 Å². The number of hydrogen-bond donors (Lipinski definition) is 1. The van der Waals surface area contributed by atoms with Gasteiger partial charge in [-0.1, -0.05) is 25.8 Å². The molecule has 0 amide bonds. The van der Waals surface area contributed by atoms with Crippen LogP contribution in [0.15, 0.2) is 12.7 Å². The van der Waals surface area contributed by atoms with E-state index < -0.39 is 0 Å². The van der Waals surface area contributed by atoms with E-state index >= 15 is 0 Å². The second-order valence-electron chi connectivity index (χ2n) is 2.94. The Kier molecular flexibility index (Phi) is 7.30. The molecule has 13 heavy (non-hydrogen) atoms. The number of ether oxygens (including phenoxy) is 1. The van der Waals surface area contributed by atoms with Crippen LogP contribution in [0.5, 0.6) is 0 Å². The number of carbonyl (C=O) groups excluding carboxylic acids is 1. The van der Waals surface area contributed by atoms with Crippen LogP contribution in [0.25, 0.3) is 0 Å². The van der Waals surface area contributed by atoms with Gasteiger partial charge in [-0.15, -0.1) is 6.58 Å². The van der Waals surface area contributed by atoms with Gasteiger partial charge < -0.3 is 10.5 Å². The lowest BCUT2D eigenvalue weighted by molar-refractivity contribution is -0.146. The van der Waals surface area contributed by atoms with Gasteiger partial charge in [-0.2, -0.15) is 0 Å². The van der Waals surface area contributed by atoms with Crippen LogP contribution in [-0.4, -0.2) is 19.1 Å². The van der Waals surface area contributed by atoms with Crippen molar-refractivity contribution in [2.45, 2.75) is 26.2 Å². The van der Waals surface area contributed by atoms with Gasteiger partial charge in [0.25, 0.3) is 0 Å². The SMILES string of the molecule is C=CC(CCCC)C(=O)OCCN. The maximum absolute atomic E-state index is 11.3. The first-order chi connectivity index (χ1) is 6.26. The van der Waals surface area contributed by atoms with Crippen LogP contribution in [-0.2, 0) is 9.53 Å². The van der Waals surface area contributed by atoms with Crippen molar-refractivity contribution in [3.05, 3.63) is 12.7 Å².